The molecule has 1 atom stereocenters. The highest BCUT2D eigenvalue weighted by molar-refractivity contribution is 7.86. The fraction of sp³-hybridized carbons (Fsp3) is 0.857. The van der Waals surface area contributed by atoms with E-state index in [1.165, 1.54) is 0 Å². The van der Waals surface area contributed by atoms with Crippen LogP contribution in [0, 0.1) is 5.92 Å². The second-order valence-corrected chi connectivity index (χ2v) is 6.88. The van der Waals surface area contributed by atoms with Crippen LogP contribution in [0.2, 0.25) is 0 Å². The second kappa shape index (κ2) is 4.86. The van der Waals surface area contributed by atoms with Gasteiger partial charge in [0.15, 0.2) is 0 Å². The standard InChI is InChI=1S/C7H12FNO6S2/c8-16(11,12)5-6-3-7(10)9(4-6)1-2-17(13,14)15/h6H,1-5H2,(H,13,14,15). The summed E-state index contributed by atoms with van der Waals surface area (Å²) in [5.74, 6) is -2.48. The van der Waals surface area contributed by atoms with Crippen molar-refractivity contribution in [3.05, 3.63) is 0 Å². The molecule has 0 bridgehead atoms. The molecule has 0 radical (unpaired) electrons. The molecule has 1 unspecified atom stereocenters. The van der Waals surface area contributed by atoms with Crippen LogP contribution in [0.3, 0.4) is 0 Å². The van der Waals surface area contributed by atoms with Gasteiger partial charge in [0.1, 0.15) is 0 Å². The number of likely N-dealkylation sites (tertiary alicyclic amines) is 1. The van der Waals surface area contributed by atoms with Crippen molar-refractivity contribution in [1.82, 2.24) is 4.90 Å². The van der Waals surface area contributed by atoms with Crippen molar-refractivity contribution in [2.24, 2.45) is 5.92 Å². The van der Waals surface area contributed by atoms with E-state index < -0.39 is 43.7 Å². The van der Waals surface area contributed by atoms with E-state index in [9.17, 15) is 25.5 Å². The van der Waals surface area contributed by atoms with Crippen molar-refractivity contribution in [2.75, 3.05) is 24.6 Å². The molecule has 0 saturated carbocycles. The third kappa shape index (κ3) is 5.41. The van der Waals surface area contributed by atoms with Crippen LogP contribution in [0.1, 0.15) is 6.42 Å². The summed E-state index contributed by atoms with van der Waals surface area (Å²) in [5.41, 5.74) is 0. The highest BCUT2D eigenvalue weighted by Gasteiger charge is 2.33. The molecule has 17 heavy (non-hydrogen) atoms. The van der Waals surface area contributed by atoms with Crippen molar-refractivity contribution in [3.63, 3.8) is 0 Å². The number of hydrogen-bond donors (Lipinski definition) is 1. The number of carbonyl (C=O) groups excluding carboxylic acids is 1. The molecule has 1 rings (SSSR count). The van der Waals surface area contributed by atoms with Crippen LogP contribution in [0.5, 0.6) is 0 Å². The van der Waals surface area contributed by atoms with Gasteiger partial charge >= 0.3 is 10.2 Å². The summed E-state index contributed by atoms with van der Waals surface area (Å²) in [6.07, 6.45) is -0.130. The molecule has 0 spiro atoms. The van der Waals surface area contributed by atoms with E-state index in [1.54, 1.807) is 0 Å². The highest BCUT2D eigenvalue weighted by atomic mass is 32.3. The van der Waals surface area contributed by atoms with Gasteiger partial charge in [-0.05, 0) is 0 Å². The Morgan fingerprint density at radius 1 is 1.35 bits per heavy atom. The molecule has 100 valence electrons. The SMILES string of the molecule is O=C1CC(CS(=O)(=O)F)CN1CCS(=O)(=O)O. The van der Waals surface area contributed by atoms with E-state index in [0.29, 0.717) is 0 Å². The molecule has 0 aromatic rings. The van der Waals surface area contributed by atoms with Crippen LogP contribution in [0.15, 0.2) is 0 Å². The molecule has 0 aromatic heterocycles. The van der Waals surface area contributed by atoms with Crippen molar-refractivity contribution in [3.8, 4) is 0 Å². The maximum Gasteiger partial charge on any atom is 0.302 e. The Morgan fingerprint density at radius 2 is 1.94 bits per heavy atom. The number of amides is 1. The average molecular weight is 289 g/mol. The zero-order valence-electron chi connectivity index (χ0n) is 8.74. The maximum atomic E-state index is 12.4. The first-order valence-electron chi connectivity index (χ1n) is 4.72. The molecular weight excluding hydrogens is 277 g/mol. The maximum absolute atomic E-state index is 12.4. The number of halogens is 1. The molecule has 0 aromatic carbocycles. The van der Waals surface area contributed by atoms with Crippen LogP contribution in [-0.4, -0.2) is 56.8 Å². The minimum atomic E-state index is -4.64. The summed E-state index contributed by atoms with van der Waals surface area (Å²) < 4.78 is 62.6. The first-order chi connectivity index (χ1) is 7.57. The van der Waals surface area contributed by atoms with Gasteiger partial charge in [-0.15, -0.1) is 3.89 Å². The van der Waals surface area contributed by atoms with Crippen LogP contribution < -0.4 is 0 Å². The summed E-state index contributed by atoms with van der Waals surface area (Å²) in [6, 6.07) is 0. The fourth-order valence-corrected chi connectivity index (χ4v) is 2.93. The molecule has 7 nitrogen and oxygen atoms in total. The lowest BCUT2D eigenvalue weighted by atomic mass is 10.1. The summed E-state index contributed by atoms with van der Waals surface area (Å²) in [6.45, 7) is -0.238. The predicted octanol–water partition coefficient (Wildman–Crippen LogP) is -0.978. The zero-order chi connectivity index (χ0) is 13.3. The van der Waals surface area contributed by atoms with Gasteiger partial charge in [0.25, 0.3) is 10.1 Å². The van der Waals surface area contributed by atoms with Crippen LogP contribution in [-0.2, 0) is 25.1 Å². The van der Waals surface area contributed by atoms with Crippen LogP contribution >= 0.6 is 0 Å². The Kier molecular flexibility index (Phi) is 4.10. The minimum absolute atomic E-state index is 0.0164. The zero-order valence-corrected chi connectivity index (χ0v) is 10.4. The van der Waals surface area contributed by atoms with Gasteiger partial charge in [-0.3, -0.25) is 9.35 Å². The molecule has 1 amide bonds. The Balaban J connectivity index is 2.53. The van der Waals surface area contributed by atoms with Gasteiger partial charge in [0, 0.05) is 25.4 Å². The van der Waals surface area contributed by atoms with Gasteiger partial charge in [-0.1, -0.05) is 0 Å². The largest absolute Gasteiger partial charge is 0.341 e. The third-order valence-corrected chi connectivity index (χ3v) is 3.92. The normalized spacial score (nSPS) is 22.1. The minimum Gasteiger partial charge on any atom is -0.341 e. The Morgan fingerprint density at radius 3 is 2.41 bits per heavy atom. The van der Waals surface area contributed by atoms with E-state index in [1.807, 2.05) is 0 Å². The topological polar surface area (TPSA) is 109 Å². The number of rotatable bonds is 5. The summed E-state index contributed by atoms with van der Waals surface area (Å²) in [7, 11) is -8.82. The Labute approximate surface area is 98.6 Å². The van der Waals surface area contributed by atoms with Crippen molar-refractivity contribution in [1.29, 1.82) is 0 Å². The first kappa shape index (κ1) is 14.3. The molecule has 1 aliphatic rings. The number of hydrogen-bond acceptors (Lipinski definition) is 5. The molecule has 1 fully saturated rings. The monoisotopic (exact) mass is 289 g/mol. The lowest BCUT2D eigenvalue weighted by Gasteiger charge is -2.14. The lowest BCUT2D eigenvalue weighted by Crippen LogP contribution is -2.31. The Hall–Kier alpha value is -0.740. The van der Waals surface area contributed by atoms with Gasteiger partial charge in [-0.2, -0.15) is 16.8 Å². The van der Waals surface area contributed by atoms with Crippen LogP contribution in [0.25, 0.3) is 0 Å². The second-order valence-electron chi connectivity index (χ2n) is 3.90. The summed E-state index contributed by atoms with van der Waals surface area (Å²) in [5, 5.41) is 0. The van der Waals surface area contributed by atoms with Crippen molar-refractivity contribution < 1.29 is 30.1 Å². The molecule has 1 N–H and O–H groups in total. The van der Waals surface area contributed by atoms with E-state index in [2.05, 4.69) is 0 Å². The van der Waals surface area contributed by atoms with E-state index >= 15 is 0 Å². The van der Waals surface area contributed by atoms with Gasteiger partial charge in [-0.25, -0.2) is 0 Å². The van der Waals surface area contributed by atoms with Gasteiger partial charge in [0.2, 0.25) is 5.91 Å². The number of nitrogens with zero attached hydrogens (tertiary/aromatic N) is 1. The summed E-state index contributed by atoms with van der Waals surface area (Å²) >= 11 is 0. The van der Waals surface area contributed by atoms with Gasteiger partial charge < -0.3 is 4.90 Å². The highest BCUT2D eigenvalue weighted by Crippen LogP contribution is 2.19. The molecule has 1 heterocycles. The van der Waals surface area contributed by atoms with Gasteiger partial charge in [0.05, 0.1) is 11.5 Å². The smallest absolute Gasteiger partial charge is 0.302 e. The summed E-state index contributed by atoms with van der Waals surface area (Å²) in [4.78, 5) is 12.4. The Bertz CT molecular complexity index is 498. The molecule has 0 aliphatic carbocycles. The first-order valence-corrected chi connectivity index (χ1v) is 7.88. The molecule has 1 saturated heterocycles. The quantitative estimate of drug-likeness (QED) is 0.515. The molecule has 10 heteroatoms. The van der Waals surface area contributed by atoms with Crippen molar-refractivity contribution in [2.45, 2.75) is 6.42 Å². The number of carbonyl (C=O) groups is 1. The lowest BCUT2D eigenvalue weighted by molar-refractivity contribution is -0.127. The van der Waals surface area contributed by atoms with Crippen LogP contribution in [0.4, 0.5) is 3.89 Å². The molecule has 1 aliphatic heterocycles. The van der Waals surface area contributed by atoms with E-state index in [4.69, 9.17) is 4.55 Å². The predicted molar refractivity (Wildman–Crippen MR) is 56.0 cm³/mol. The fourth-order valence-electron chi connectivity index (χ4n) is 1.69. The average Bonchev–Trinajstić information content (AvgIpc) is 2.38. The van der Waals surface area contributed by atoms with E-state index in [-0.39, 0.29) is 19.5 Å². The third-order valence-electron chi connectivity index (χ3n) is 2.35. The van der Waals surface area contributed by atoms with Crippen molar-refractivity contribution >= 4 is 26.2 Å². The van der Waals surface area contributed by atoms with E-state index in [0.717, 1.165) is 4.90 Å². The molecular formula is C7H12FNO6S2.